The van der Waals surface area contributed by atoms with E-state index in [2.05, 4.69) is 15.9 Å². The lowest BCUT2D eigenvalue weighted by Crippen LogP contribution is -2.00. The van der Waals surface area contributed by atoms with Crippen molar-refractivity contribution in [2.45, 2.75) is 19.4 Å². The Balaban J connectivity index is 2.86. The van der Waals surface area contributed by atoms with Gasteiger partial charge in [0.15, 0.2) is 0 Å². The number of ether oxygens (including phenoxy) is 1. The van der Waals surface area contributed by atoms with Gasteiger partial charge in [0, 0.05) is 23.6 Å². The Morgan fingerprint density at radius 3 is 2.75 bits per heavy atom. The fraction of sp³-hybridized carbons (Fsp3) is 0.364. The molecule has 0 bridgehead atoms. The Bertz CT molecular complexity index is 370. The van der Waals surface area contributed by atoms with Crippen molar-refractivity contribution in [3.05, 3.63) is 33.5 Å². The number of hydrogen-bond acceptors (Lipinski definition) is 2. The van der Waals surface area contributed by atoms with Crippen molar-refractivity contribution < 1.29 is 19.0 Å². The summed E-state index contributed by atoms with van der Waals surface area (Å²) >= 11 is 3.24. The van der Waals surface area contributed by atoms with Gasteiger partial charge in [-0.25, -0.2) is 4.39 Å². The van der Waals surface area contributed by atoms with Crippen molar-refractivity contribution in [2.75, 3.05) is 7.11 Å². The molecule has 0 atom stereocenters. The van der Waals surface area contributed by atoms with E-state index < -0.39 is 5.97 Å². The van der Waals surface area contributed by atoms with Crippen LogP contribution in [0.2, 0.25) is 0 Å². The molecule has 0 fully saturated rings. The number of carboxylic acid groups (broad SMARTS) is 1. The summed E-state index contributed by atoms with van der Waals surface area (Å²) in [6, 6.07) is 3.07. The molecule has 88 valence electrons. The highest BCUT2D eigenvalue weighted by molar-refractivity contribution is 9.10. The van der Waals surface area contributed by atoms with Gasteiger partial charge in [-0.2, -0.15) is 0 Å². The first-order valence-corrected chi connectivity index (χ1v) is 5.51. The van der Waals surface area contributed by atoms with E-state index in [1.54, 1.807) is 6.07 Å². The van der Waals surface area contributed by atoms with Crippen LogP contribution in [0.25, 0.3) is 0 Å². The van der Waals surface area contributed by atoms with Crippen molar-refractivity contribution >= 4 is 21.9 Å². The third-order valence-electron chi connectivity index (χ3n) is 2.12. The van der Waals surface area contributed by atoms with Crippen molar-refractivity contribution in [3.63, 3.8) is 0 Å². The van der Waals surface area contributed by atoms with Gasteiger partial charge >= 0.3 is 5.97 Å². The number of benzene rings is 1. The highest BCUT2D eigenvalue weighted by atomic mass is 79.9. The molecule has 0 heterocycles. The Hall–Kier alpha value is -0.940. The molecule has 16 heavy (non-hydrogen) atoms. The average molecular weight is 291 g/mol. The summed E-state index contributed by atoms with van der Waals surface area (Å²) in [4.78, 5) is 10.4. The summed E-state index contributed by atoms with van der Waals surface area (Å²) in [7, 11) is 1.49. The number of rotatable bonds is 5. The molecule has 0 spiro atoms. The van der Waals surface area contributed by atoms with Crippen LogP contribution >= 0.6 is 15.9 Å². The van der Waals surface area contributed by atoms with E-state index in [0.29, 0.717) is 22.0 Å². The minimum atomic E-state index is -0.891. The van der Waals surface area contributed by atoms with Crippen LogP contribution in [0.1, 0.15) is 17.5 Å². The molecule has 0 amide bonds. The second-order valence-electron chi connectivity index (χ2n) is 3.36. The number of hydrogen-bond donors (Lipinski definition) is 1. The molecule has 0 aliphatic rings. The zero-order valence-electron chi connectivity index (χ0n) is 8.80. The molecule has 1 N–H and O–H groups in total. The van der Waals surface area contributed by atoms with Gasteiger partial charge in [0.1, 0.15) is 5.82 Å². The molecule has 3 nitrogen and oxygen atoms in total. The predicted molar refractivity (Wildman–Crippen MR) is 60.8 cm³/mol. The third-order valence-corrected chi connectivity index (χ3v) is 2.82. The lowest BCUT2D eigenvalue weighted by Gasteiger charge is -2.07. The molecule has 0 saturated heterocycles. The Labute approximate surface area is 101 Å². The molecule has 0 saturated carbocycles. The van der Waals surface area contributed by atoms with Crippen LogP contribution in [0.4, 0.5) is 4.39 Å². The zero-order valence-corrected chi connectivity index (χ0v) is 10.4. The average Bonchev–Trinajstić information content (AvgIpc) is 2.20. The normalized spacial score (nSPS) is 10.4. The van der Waals surface area contributed by atoms with E-state index in [4.69, 9.17) is 9.84 Å². The first-order chi connectivity index (χ1) is 7.54. The molecule has 1 aromatic rings. The summed E-state index contributed by atoms with van der Waals surface area (Å²) in [5, 5.41) is 8.53. The monoisotopic (exact) mass is 290 g/mol. The van der Waals surface area contributed by atoms with Gasteiger partial charge in [-0.05, 0) is 24.1 Å². The lowest BCUT2D eigenvalue weighted by molar-refractivity contribution is -0.136. The summed E-state index contributed by atoms with van der Waals surface area (Å²) in [6.07, 6.45) is 0.313. The van der Waals surface area contributed by atoms with Crippen LogP contribution < -0.4 is 0 Å². The van der Waals surface area contributed by atoms with Gasteiger partial charge in [0.25, 0.3) is 0 Å². The number of methoxy groups -OCH3 is 1. The summed E-state index contributed by atoms with van der Waals surface area (Å²) in [6.45, 7) is 0.186. The van der Waals surface area contributed by atoms with E-state index in [1.807, 2.05) is 0 Å². The Morgan fingerprint density at radius 1 is 1.56 bits per heavy atom. The molecule has 0 aliphatic carbocycles. The molecule has 0 radical (unpaired) electrons. The minimum Gasteiger partial charge on any atom is -0.481 e. The van der Waals surface area contributed by atoms with E-state index in [-0.39, 0.29) is 18.8 Å². The van der Waals surface area contributed by atoms with E-state index >= 15 is 0 Å². The molecular formula is C11H12BrFO3. The van der Waals surface area contributed by atoms with E-state index in [9.17, 15) is 9.18 Å². The Kier molecular flexibility index (Phi) is 4.89. The van der Waals surface area contributed by atoms with Crippen molar-refractivity contribution in [2.24, 2.45) is 0 Å². The number of aliphatic carboxylic acids is 1. The van der Waals surface area contributed by atoms with Crippen LogP contribution in [0, 0.1) is 5.82 Å². The third kappa shape index (κ3) is 3.57. The number of carbonyl (C=O) groups is 1. The van der Waals surface area contributed by atoms with Crippen LogP contribution in [0.15, 0.2) is 16.6 Å². The maximum Gasteiger partial charge on any atom is 0.303 e. The lowest BCUT2D eigenvalue weighted by atomic mass is 10.1. The van der Waals surface area contributed by atoms with Crippen LogP contribution in [-0.2, 0) is 22.6 Å². The highest BCUT2D eigenvalue weighted by Crippen LogP contribution is 2.23. The smallest absolute Gasteiger partial charge is 0.303 e. The summed E-state index contributed by atoms with van der Waals surface area (Å²) in [5.74, 6) is -1.27. The predicted octanol–water partition coefficient (Wildman–Crippen LogP) is 2.75. The van der Waals surface area contributed by atoms with Gasteiger partial charge in [-0.15, -0.1) is 0 Å². The Morgan fingerprint density at radius 2 is 2.25 bits per heavy atom. The molecule has 5 heteroatoms. The van der Waals surface area contributed by atoms with Gasteiger partial charge in [-0.3, -0.25) is 4.79 Å². The molecular weight excluding hydrogens is 279 g/mol. The second-order valence-corrected chi connectivity index (χ2v) is 4.22. The zero-order chi connectivity index (χ0) is 12.1. The quantitative estimate of drug-likeness (QED) is 0.907. The van der Waals surface area contributed by atoms with Gasteiger partial charge in [0.2, 0.25) is 0 Å². The van der Waals surface area contributed by atoms with Gasteiger partial charge < -0.3 is 9.84 Å². The van der Waals surface area contributed by atoms with Gasteiger partial charge in [-0.1, -0.05) is 15.9 Å². The largest absolute Gasteiger partial charge is 0.481 e. The maximum absolute atomic E-state index is 13.6. The summed E-state index contributed by atoms with van der Waals surface area (Å²) in [5.41, 5.74) is 1.10. The fourth-order valence-electron chi connectivity index (χ4n) is 1.33. The van der Waals surface area contributed by atoms with Crippen molar-refractivity contribution in [3.8, 4) is 0 Å². The molecule has 1 aromatic carbocycles. The highest BCUT2D eigenvalue weighted by Gasteiger charge is 2.09. The SMILES string of the molecule is COCc1c(F)cc(CCC(=O)O)cc1Br. The van der Waals surface area contributed by atoms with Crippen molar-refractivity contribution in [1.82, 2.24) is 0 Å². The van der Waals surface area contributed by atoms with E-state index in [1.165, 1.54) is 13.2 Å². The molecule has 0 aliphatic heterocycles. The standard InChI is InChI=1S/C11H12BrFO3/c1-16-6-8-9(12)4-7(5-10(8)13)2-3-11(14)15/h4-5H,2-3,6H2,1H3,(H,14,15). The molecule has 1 rings (SSSR count). The topological polar surface area (TPSA) is 46.5 Å². The van der Waals surface area contributed by atoms with Crippen LogP contribution in [0.5, 0.6) is 0 Å². The number of aryl methyl sites for hydroxylation is 1. The van der Waals surface area contributed by atoms with Crippen molar-refractivity contribution in [1.29, 1.82) is 0 Å². The number of halogens is 2. The molecule has 0 unspecified atom stereocenters. The molecule has 0 aromatic heterocycles. The number of carboxylic acids is 1. The van der Waals surface area contributed by atoms with Crippen LogP contribution in [-0.4, -0.2) is 18.2 Å². The summed E-state index contributed by atoms with van der Waals surface area (Å²) < 4.78 is 19.0. The minimum absolute atomic E-state index is 0.00446. The van der Waals surface area contributed by atoms with Gasteiger partial charge in [0.05, 0.1) is 6.61 Å². The van der Waals surface area contributed by atoms with E-state index in [0.717, 1.165) is 0 Å². The maximum atomic E-state index is 13.6. The fourth-order valence-corrected chi connectivity index (χ4v) is 1.93. The second kappa shape index (κ2) is 5.96. The van der Waals surface area contributed by atoms with Crippen LogP contribution in [0.3, 0.4) is 0 Å². The first kappa shape index (κ1) is 13.1. The first-order valence-electron chi connectivity index (χ1n) is 4.72.